The molecule has 6 heteroatoms. The Bertz CT molecular complexity index is 1150. The van der Waals surface area contributed by atoms with E-state index >= 15 is 0 Å². The summed E-state index contributed by atoms with van der Waals surface area (Å²) >= 11 is 0. The zero-order valence-electron chi connectivity index (χ0n) is 17.7. The molecule has 0 saturated carbocycles. The number of hydrogen-bond donors (Lipinski definition) is 1. The number of anilines is 1. The Balaban J connectivity index is 1.19. The zero-order valence-corrected chi connectivity index (χ0v) is 17.7. The van der Waals surface area contributed by atoms with Gasteiger partial charge in [-0.3, -0.25) is 9.78 Å². The van der Waals surface area contributed by atoms with Crippen molar-refractivity contribution in [1.82, 2.24) is 14.8 Å². The molecule has 160 valence electrons. The van der Waals surface area contributed by atoms with Crippen molar-refractivity contribution in [2.45, 2.75) is 19.5 Å². The molecule has 0 aliphatic carbocycles. The fourth-order valence-corrected chi connectivity index (χ4v) is 4.21. The van der Waals surface area contributed by atoms with Crippen molar-refractivity contribution in [1.29, 1.82) is 0 Å². The SMILES string of the molecule is O=C(Nc1ccc(C2=CCN(C(=O)c3ccccn3)CC2)cc1)N1Cc2ccccc2C1. The standard InChI is InChI=1S/C26H24N4O2/c31-25(24-7-3-4-14-27-24)29-15-12-20(13-16-29)19-8-10-23(11-9-19)28-26(32)30-17-21-5-1-2-6-22(21)18-30/h1-12,14H,13,15-18H2,(H,28,32). The van der Waals surface area contributed by atoms with E-state index in [-0.39, 0.29) is 11.9 Å². The highest BCUT2D eigenvalue weighted by atomic mass is 16.2. The summed E-state index contributed by atoms with van der Waals surface area (Å²) in [6.07, 6.45) is 4.52. The number of pyridine rings is 1. The van der Waals surface area contributed by atoms with E-state index in [9.17, 15) is 9.59 Å². The molecule has 3 aromatic rings. The molecule has 0 spiro atoms. The number of fused-ring (bicyclic) bond motifs is 1. The van der Waals surface area contributed by atoms with E-state index in [4.69, 9.17) is 0 Å². The van der Waals surface area contributed by atoms with Gasteiger partial charge in [-0.1, -0.05) is 48.5 Å². The monoisotopic (exact) mass is 424 g/mol. The molecule has 0 atom stereocenters. The second kappa shape index (κ2) is 8.67. The molecule has 2 aromatic carbocycles. The van der Waals surface area contributed by atoms with Gasteiger partial charge < -0.3 is 15.1 Å². The lowest BCUT2D eigenvalue weighted by Gasteiger charge is -2.26. The molecule has 5 rings (SSSR count). The lowest BCUT2D eigenvalue weighted by Crippen LogP contribution is -2.35. The Hall–Kier alpha value is -3.93. The predicted molar refractivity (Wildman–Crippen MR) is 124 cm³/mol. The average Bonchev–Trinajstić information content (AvgIpc) is 3.29. The highest BCUT2D eigenvalue weighted by molar-refractivity contribution is 5.93. The number of benzene rings is 2. The summed E-state index contributed by atoms with van der Waals surface area (Å²) in [7, 11) is 0. The highest BCUT2D eigenvalue weighted by Crippen LogP contribution is 2.26. The Morgan fingerprint density at radius 2 is 1.56 bits per heavy atom. The second-order valence-corrected chi connectivity index (χ2v) is 8.08. The summed E-state index contributed by atoms with van der Waals surface area (Å²) in [6, 6.07) is 21.4. The van der Waals surface area contributed by atoms with Gasteiger partial charge in [0.1, 0.15) is 5.69 Å². The lowest BCUT2D eigenvalue weighted by atomic mass is 9.99. The summed E-state index contributed by atoms with van der Waals surface area (Å²) in [6.45, 7) is 2.51. The number of urea groups is 1. The summed E-state index contributed by atoms with van der Waals surface area (Å²) in [5.41, 5.74) is 5.99. The van der Waals surface area contributed by atoms with Crippen LogP contribution in [0.25, 0.3) is 5.57 Å². The maximum Gasteiger partial charge on any atom is 0.322 e. The van der Waals surface area contributed by atoms with Crippen LogP contribution in [0.3, 0.4) is 0 Å². The van der Waals surface area contributed by atoms with Crippen molar-refractivity contribution in [2.24, 2.45) is 0 Å². The highest BCUT2D eigenvalue weighted by Gasteiger charge is 2.23. The number of aromatic nitrogens is 1. The molecule has 0 fully saturated rings. The van der Waals surface area contributed by atoms with Crippen molar-refractivity contribution in [3.63, 3.8) is 0 Å². The van der Waals surface area contributed by atoms with Gasteiger partial charge in [-0.25, -0.2) is 4.79 Å². The van der Waals surface area contributed by atoms with Crippen molar-refractivity contribution >= 4 is 23.2 Å². The first-order valence-corrected chi connectivity index (χ1v) is 10.8. The van der Waals surface area contributed by atoms with E-state index < -0.39 is 0 Å². The number of hydrogen-bond acceptors (Lipinski definition) is 3. The van der Waals surface area contributed by atoms with Gasteiger partial charge in [0.15, 0.2) is 0 Å². The number of amides is 3. The van der Waals surface area contributed by atoms with Crippen LogP contribution < -0.4 is 5.32 Å². The molecule has 0 bridgehead atoms. The molecule has 2 aliphatic rings. The number of carbonyl (C=O) groups is 2. The quantitative estimate of drug-likeness (QED) is 0.670. The van der Waals surface area contributed by atoms with Gasteiger partial charge >= 0.3 is 6.03 Å². The molecule has 3 heterocycles. The minimum absolute atomic E-state index is 0.0389. The van der Waals surface area contributed by atoms with Crippen LogP contribution in [-0.4, -0.2) is 39.8 Å². The van der Waals surface area contributed by atoms with Crippen molar-refractivity contribution < 1.29 is 9.59 Å². The van der Waals surface area contributed by atoms with Crippen molar-refractivity contribution in [3.05, 3.63) is 101 Å². The van der Waals surface area contributed by atoms with Crippen LogP contribution in [0, 0.1) is 0 Å². The molecule has 1 N–H and O–H groups in total. The molecule has 3 amide bonds. The Labute approximate surface area is 187 Å². The number of rotatable bonds is 3. The number of nitrogens with zero attached hydrogens (tertiary/aromatic N) is 3. The van der Waals surface area contributed by atoms with Crippen LogP contribution in [0.5, 0.6) is 0 Å². The van der Waals surface area contributed by atoms with Gasteiger partial charge in [0, 0.05) is 38.1 Å². The van der Waals surface area contributed by atoms with Crippen LogP contribution in [-0.2, 0) is 13.1 Å². The minimum atomic E-state index is -0.0884. The normalized spacial score (nSPS) is 15.2. The summed E-state index contributed by atoms with van der Waals surface area (Å²) in [5, 5.41) is 3.00. The topological polar surface area (TPSA) is 65.5 Å². The van der Waals surface area contributed by atoms with Gasteiger partial charge in [-0.15, -0.1) is 0 Å². The van der Waals surface area contributed by atoms with Crippen LogP contribution in [0.15, 0.2) is 79.0 Å². The molecular weight excluding hydrogens is 400 g/mol. The summed E-state index contributed by atoms with van der Waals surface area (Å²) < 4.78 is 0. The molecular formula is C26H24N4O2. The summed E-state index contributed by atoms with van der Waals surface area (Å²) in [5.74, 6) is -0.0389. The fourth-order valence-electron chi connectivity index (χ4n) is 4.21. The molecule has 0 unspecified atom stereocenters. The predicted octanol–water partition coefficient (Wildman–Crippen LogP) is 4.56. The maximum atomic E-state index is 12.6. The Morgan fingerprint density at radius 1 is 0.844 bits per heavy atom. The first-order chi connectivity index (χ1) is 15.7. The van der Waals surface area contributed by atoms with Crippen LogP contribution in [0.2, 0.25) is 0 Å². The summed E-state index contributed by atoms with van der Waals surface area (Å²) in [4.78, 5) is 33.0. The molecule has 32 heavy (non-hydrogen) atoms. The van der Waals surface area contributed by atoms with Crippen molar-refractivity contribution in [3.8, 4) is 0 Å². The van der Waals surface area contributed by atoms with E-state index in [2.05, 4.69) is 28.5 Å². The first-order valence-electron chi connectivity index (χ1n) is 10.8. The van der Waals surface area contributed by atoms with Gasteiger partial charge in [0.25, 0.3) is 5.91 Å². The van der Waals surface area contributed by atoms with Gasteiger partial charge in [-0.2, -0.15) is 0 Å². The Morgan fingerprint density at radius 3 is 2.19 bits per heavy atom. The fraction of sp³-hybridized carbons (Fsp3) is 0.192. The third-order valence-corrected chi connectivity index (χ3v) is 6.02. The van der Waals surface area contributed by atoms with Gasteiger partial charge in [0.2, 0.25) is 0 Å². The minimum Gasteiger partial charge on any atom is -0.333 e. The van der Waals surface area contributed by atoms with Crippen LogP contribution in [0.1, 0.15) is 33.6 Å². The largest absolute Gasteiger partial charge is 0.333 e. The van der Waals surface area contributed by atoms with E-state index in [0.717, 1.165) is 17.7 Å². The maximum absolute atomic E-state index is 12.6. The molecule has 2 aliphatic heterocycles. The first kappa shape index (κ1) is 20.0. The van der Waals surface area contributed by atoms with Crippen LogP contribution in [0.4, 0.5) is 10.5 Å². The lowest BCUT2D eigenvalue weighted by molar-refractivity contribution is 0.0767. The second-order valence-electron chi connectivity index (χ2n) is 8.08. The van der Waals surface area contributed by atoms with E-state index in [0.29, 0.717) is 31.9 Å². The van der Waals surface area contributed by atoms with Crippen molar-refractivity contribution in [2.75, 3.05) is 18.4 Å². The third-order valence-electron chi connectivity index (χ3n) is 6.02. The molecule has 6 nitrogen and oxygen atoms in total. The van der Waals surface area contributed by atoms with Gasteiger partial charge in [-0.05, 0) is 52.9 Å². The number of nitrogens with one attached hydrogen (secondary N) is 1. The van der Waals surface area contributed by atoms with E-state index in [1.807, 2.05) is 52.3 Å². The molecule has 0 saturated heterocycles. The van der Waals surface area contributed by atoms with E-state index in [1.165, 1.54) is 16.7 Å². The van der Waals surface area contributed by atoms with Gasteiger partial charge in [0.05, 0.1) is 0 Å². The van der Waals surface area contributed by atoms with E-state index in [1.54, 1.807) is 18.3 Å². The average molecular weight is 425 g/mol. The van der Waals surface area contributed by atoms with Crippen LogP contribution >= 0.6 is 0 Å². The molecule has 1 aromatic heterocycles. The molecule has 0 radical (unpaired) electrons. The Kier molecular flexibility index (Phi) is 5.42. The smallest absolute Gasteiger partial charge is 0.322 e. The third kappa shape index (κ3) is 4.12. The zero-order chi connectivity index (χ0) is 21.9. The number of carbonyl (C=O) groups excluding carboxylic acids is 2.